The van der Waals surface area contributed by atoms with Crippen LogP contribution in [-0.2, 0) is 24.3 Å². The van der Waals surface area contributed by atoms with Crippen molar-refractivity contribution in [3.63, 3.8) is 0 Å². The largest absolute Gasteiger partial charge is 0.376 e. The molecule has 1 heterocycles. The van der Waals surface area contributed by atoms with Crippen molar-refractivity contribution >= 4 is 11.6 Å². The molecule has 0 bridgehead atoms. The van der Waals surface area contributed by atoms with Gasteiger partial charge in [0.1, 0.15) is 0 Å². The second kappa shape index (κ2) is 12.4. The quantitative estimate of drug-likeness (QED) is 0.559. The van der Waals surface area contributed by atoms with Gasteiger partial charge in [0.25, 0.3) is 0 Å². The third kappa shape index (κ3) is 7.07. The summed E-state index contributed by atoms with van der Waals surface area (Å²) in [5.74, 6) is 1.01. The highest BCUT2D eigenvalue weighted by Gasteiger charge is 2.23. The first-order valence-electron chi connectivity index (χ1n) is 13.1. The number of fused-ring (bicyclic) bond motifs is 1. The highest BCUT2D eigenvalue weighted by molar-refractivity contribution is 5.81. The summed E-state index contributed by atoms with van der Waals surface area (Å²) in [5.41, 5.74) is 5.13. The number of anilines is 1. The number of nitrogens with zero attached hydrogens (tertiary/aromatic N) is 3. The summed E-state index contributed by atoms with van der Waals surface area (Å²) in [6, 6.07) is 16.8. The molecule has 5 nitrogen and oxygen atoms in total. The fourth-order valence-corrected chi connectivity index (χ4v) is 5.39. The van der Waals surface area contributed by atoms with Crippen LogP contribution < -0.4 is 5.32 Å². The first-order chi connectivity index (χ1) is 16.6. The van der Waals surface area contributed by atoms with Gasteiger partial charge >= 0.3 is 0 Å². The van der Waals surface area contributed by atoms with E-state index in [1.54, 1.807) is 0 Å². The molecule has 4 rings (SSSR count). The van der Waals surface area contributed by atoms with Crippen LogP contribution in [-0.4, -0.2) is 67.4 Å². The molecule has 0 atom stereocenters. The zero-order chi connectivity index (χ0) is 23.8. The molecule has 0 spiro atoms. The highest BCUT2D eigenvalue weighted by atomic mass is 16.2. The number of likely N-dealkylation sites (N-methyl/N-ethyl adjacent to an activating group) is 1. The second-order valence-electron chi connectivity index (χ2n) is 10.4. The van der Waals surface area contributed by atoms with E-state index in [4.69, 9.17) is 0 Å². The maximum atomic E-state index is 13.3. The van der Waals surface area contributed by atoms with Crippen LogP contribution in [0.25, 0.3) is 0 Å². The van der Waals surface area contributed by atoms with Gasteiger partial charge in [-0.2, -0.15) is 0 Å². The predicted molar refractivity (Wildman–Crippen MR) is 141 cm³/mol. The molecule has 1 fully saturated rings. The molecule has 1 aliphatic heterocycles. The summed E-state index contributed by atoms with van der Waals surface area (Å²) in [7, 11) is 4.11. The van der Waals surface area contributed by atoms with Gasteiger partial charge < -0.3 is 15.1 Å². The molecule has 1 N–H and O–H groups in total. The third-order valence-corrected chi connectivity index (χ3v) is 7.41. The maximum absolute atomic E-state index is 13.3. The van der Waals surface area contributed by atoms with Crippen LogP contribution in [0.15, 0.2) is 48.5 Å². The van der Waals surface area contributed by atoms with Gasteiger partial charge in [-0.25, -0.2) is 0 Å². The molecule has 0 unspecified atom stereocenters. The van der Waals surface area contributed by atoms with Gasteiger partial charge in [-0.05, 0) is 62.0 Å². The van der Waals surface area contributed by atoms with Crippen LogP contribution in [0.5, 0.6) is 0 Å². The van der Waals surface area contributed by atoms with Gasteiger partial charge in [-0.1, -0.05) is 61.7 Å². The van der Waals surface area contributed by atoms with E-state index in [1.807, 2.05) is 23.1 Å². The second-order valence-corrected chi connectivity index (χ2v) is 10.4. The molecule has 34 heavy (non-hydrogen) atoms. The molecule has 0 saturated heterocycles. The fraction of sp³-hybridized carbons (Fsp3) is 0.552. The van der Waals surface area contributed by atoms with Gasteiger partial charge in [0.05, 0.1) is 6.54 Å². The number of nitrogens with one attached hydrogen (secondary N) is 1. The Morgan fingerprint density at radius 3 is 2.56 bits per heavy atom. The van der Waals surface area contributed by atoms with Crippen molar-refractivity contribution in [2.75, 3.05) is 52.1 Å². The van der Waals surface area contributed by atoms with Crippen LogP contribution in [0.3, 0.4) is 0 Å². The molecule has 0 radical (unpaired) electrons. The van der Waals surface area contributed by atoms with Gasteiger partial charge in [0, 0.05) is 45.0 Å². The maximum Gasteiger partial charge on any atom is 0.242 e. The molecular formula is C29H42N4O. The number of carbonyl (C=O) groups excluding carboxylic acids is 1. The lowest BCUT2D eigenvalue weighted by atomic mass is 9.88. The Labute approximate surface area is 206 Å². The van der Waals surface area contributed by atoms with Crippen molar-refractivity contribution in [2.45, 2.75) is 51.6 Å². The van der Waals surface area contributed by atoms with Crippen molar-refractivity contribution in [2.24, 2.45) is 5.92 Å². The Morgan fingerprint density at radius 1 is 1.00 bits per heavy atom. The Bertz CT molecular complexity index is 908. The van der Waals surface area contributed by atoms with Gasteiger partial charge in [0.2, 0.25) is 5.91 Å². The van der Waals surface area contributed by atoms with Crippen molar-refractivity contribution in [3.05, 3.63) is 65.2 Å². The molecule has 2 aromatic carbocycles. The lowest BCUT2D eigenvalue weighted by Gasteiger charge is -2.34. The number of amides is 1. The van der Waals surface area contributed by atoms with E-state index in [0.717, 1.165) is 44.2 Å². The Hall–Kier alpha value is -2.37. The van der Waals surface area contributed by atoms with E-state index in [-0.39, 0.29) is 5.91 Å². The normalized spacial score (nSPS) is 16.9. The first kappa shape index (κ1) is 24.7. The minimum atomic E-state index is 0.151. The lowest BCUT2D eigenvalue weighted by molar-refractivity contribution is -0.130. The monoisotopic (exact) mass is 462 g/mol. The van der Waals surface area contributed by atoms with E-state index in [2.05, 4.69) is 59.5 Å². The lowest BCUT2D eigenvalue weighted by Crippen LogP contribution is -2.39. The standard InChI is InChI=1S/C29H42N4O/c1-31(2)18-19-33(22-25-12-7-4-8-13-25)29(34)20-30-28-15-9-14-26-16-17-32(23-27(26)28)21-24-10-5-3-6-11-24/h4,7-9,12-15,24,30H,3,5-6,10-11,16-23H2,1-2H3. The summed E-state index contributed by atoms with van der Waals surface area (Å²) in [6.45, 7) is 5.94. The SMILES string of the molecule is CN(C)CCN(Cc1ccccc1)C(=O)CNc1cccc2c1CN(CC1CCCCC1)CC2. The first-order valence-corrected chi connectivity index (χ1v) is 13.1. The van der Waals surface area contributed by atoms with E-state index in [1.165, 1.54) is 55.3 Å². The summed E-state index contributed by atoms with van der Waals surface area (Å²) < 4.78 is 0. The Balaban J connectivity index is 1.38. The zero-order valence-electron chi connectivity index (χ0n) is 21.1. The molecular weight excluding hydrogens is 420 g/mol. The van der Waals surface area contributed by atoms with Crippen molar-refractivity contribution < 1.29 is 4.79 Å². The smallest absolute Gasteiger partial charge is 0.242 e. The molecule has 2 aliphatic rings. The average Bonchev–Trinajstić information content (AvgIpc) is 2.86. The van der Waals surface area contributed by atoms with Crippen molar-refractivity contribution in [1.82, 2.24) is 14.7 Å². The number of benzene rings is 2. The Morgan fingerprint density at radius 2 is 1.79 bits per heavy atom. The zero-order valence-corrected chi connectivity index (χ0v) is 21.1. The highest BCUT2D eigenvalue weighted by Crippen LogP contribution is 2.30. The summed E-state index contributed by atoms with van der Waals surface area (Å²) in [4.78, 5) is 20.0. The van der Waals surface area contributed by atoms with Gasteiger partial charge in [-0.15, -0.1) is 0 Å². The summed E-state index contributed by atoms with van der Waals surface area (Å²) in [5, 5.41) is 3.52. The fourth-order valence-electron chi connectivity index (χ4n) is 5.39. The minimum Gasteiger partial charge on any atom is -0.376 e. The van der Waals surface area contributed by atoms with Crippen LogP contribution in [0, 0.1) is 5.92 Å². The van der Waals surface area contributed by atoms with Gasteiger partial charge in [0.15, 0.2) is 0 Å². The number of hydrogen-bond acceptors (Lipinski definition) is 4. The Kier molecular flexibility index (Phi) is 9.00. The molecule has 5 heteroatoms. The van der Waals surface area contributed by atoms with E-state index in [0.29, 0.717) is 13.1 Å². The van der Waals surface area contributed by atoms with Gasteiger partial charge in [-0.3, -0.25) is 9.69 Å². The minimum absolute atomic E-state index is 0.151. The topological polar surface area (TPSA) is 38.8 Å². The molecule has 1 aliphatic carbocycles. The summed E-state index contributed by atoms with van der Waals surface area (Å²) in [6.07, 6.45) is 8.10. The van der Waals surface area contributed by atoms with E-state index in [9.17, 15) is 4.79 Å². The molecule has 0 aromatic heterocycles. The molecule has 184 valence electrons. The van der Waals surface area contributed by atoms with Crippen molar-refractivity contribution in [3.8, 4) is 0 Å². The van der Waals surface area contributed by atoms with E-state index >= 15 is 0 Å². The molecule has 2 aromatic rings. The van der Waals surface area contributed by atoms with Crippen LogP contribution >= 0.6 is 0 Å². The number of carbonyl (C=O) groups is 1. The van der Waals surface area contributed by atoms with Crippen LogP contribution in [0.2, 0.25) is 0 Å². The molecule has 1 saturated carbocycles. The van der Waals surface area contributed by atoms with Crippen molar-refractivity contribution in [1.29, 1.82) is 0 Å². The summed E-state index contributed by atoms with van der Waals surface area (Å²) >= 11 is 0. The van der Waals surface area contributed by atoms with E-state index < -0.39 is 0 Å². The number of rotatable bonds is 10. The van der Waals surface area contributed by atoms with Crippen LogP contribution in [0.4, 0.5) is 5.69 Å². The third-order valence-electron chi connectivity index (χ3n) is 7.41. The number of hydrogen-bond donors (Lipinski definition) is 1. The average molecular weight is 463 g/mol. The molecule has 1 amide bonds. The van der Waals surface area contributed by atoms with Crippen LogP contribution in [0.1, 0.15) is 48.8 Å². The predicted octanol–water partition coefficient (Wildman–Crippen LogP) is 4.63.